The Bertz CT molecular complexity index is 788. The lowest BCUT2D eigenvalue weighted by Crippen LogP contribution is -2.44. The highest BCUT2D eigenvalue weighted by Crippen LogP contribution is 2.18. The molecule has 0 aromatic rings. The first-order valence-electron chi connectivity index (χ1n) is 23.5. The summed E-state index contributed by atoms with van der Waals surface area (Å²) in [5.41, 5.74) is 0. The molecule has 1 rings (SSSR count). The van der Waals surface area contributed by atoms with Crippen molar-refractivity contribution in [2.24, 2.45) is 0 Å². The maximum Gasteiger partial charge on any atom is 0.307 e. The van der Waals surface area contributed by atoms with Gasteiger partial charge < -0.3 is 24.2 Å². The molecule has 0 spiro atoms. The fraction of sp³-hybridized carbons (Fsp3) is 0.957. The number of hydrogen-bond acceptors (Lipinski definition) is 7. The first-order chi connectivity index (χ1) is 26.0. The summed E-state index contributed by atoms with van der Waals surface area (Å²) in [5.74, 6) is -0.0475. The molecule has 1 aliphatic rings. The zero-order chi connectivity index (χ0) is 38.5. The molecule has 1 fully saturated rings. The Kier molecular flexibility index (Phi) is 35.5. The minimum absolute atomic E-state index is 0.0101. The number of carbonyl (C=O) groups is 2. The third kappa shape index (κ3) is 32.7. The van der Waals surface area contributed by atoms with Gasteiger partial charge in [0.15, 0.2) is 0 Å². The zero-order valence-electron chi connectivity index (χ0n) is 36.1. The number of esters is 2. The van der Waals surface area contributed by atoms with E-state index in [1.807, 2.05) is 0 Å². The van der Waals surface area contributed by atoms with Gasteiger partial charge in [0.25, 0.3) is 0 Å². The largest absolute Gasteiger partial charge is 0.466 e. The Labute approximate surface area is 330 Å². The normalized spacial score (nSPS) is 14.1. The van der Waals surface area contributed by atoms with Gasteiger partial charge in [-0.05, 0) is 84.5 Å². The van der Waals surface area contributed by atoms with E-state index in [1.54, 1.807) is 0 Å². The van der Waals surface area contributed by atoms with Gasteiger partial charge in [0.05, 0.1) is 13.0 Å². The van der Waals surface area contributed by atoms with E-state index >= 15 is 0 Å². The molecular weight excluding hydrogens is 659 g/mol. The predicted octanol–water partition coefficient (Wildman–Crippen LogP) is 11.8. The summed E-state index contributed by atoms with van der Waals surface area (Å²) in [6.07, 6.45) is 35.2. The first-order valence-corrected chi connectivity index (χ1v) is 23.5. The minimum Gasteiger partial charge on any atom is -0.466 e. The third-order valence-corrected chi connectivity index (χ3v) is 11.4. The van der Waals surface area contributed by atoms with Crippen molar-refractivity contribution in [1.29, 1.82) is 0 Å². The number of likely N-dealkylation sites (N-methyl/N-ethyl adjacent to an activating group) is 1. The van der Waals surface area contributed by atoms with Crippen LogP contribution in [0.5, 0.6) is 0 Å². The number of unbranched alkanes of at least 4 members (excludes halogenated alkanes) is 21. The van der Waals surface area contributed by atoms with Crippen molar-refractivity contribution in [2.45, 2.75) is 219 Å². The van der Waals surface area contributed by atoms with Gasteiger partial charge in [-0.3, -0.25) is 9.59 Å². The molecule has 0 atom stereocenters. The summed E-state index contributed by atoms with van der Waals surface area (Å²) >= 11 is 0. The van der Waals surface area contributed by atoms with Gasteiger partial charge in [-0.1, -0.05) is 143 Å². The van der Waals surface area contributed by atoms with Crippen LogP contribution in [0, 0.1) is 0 Å². The number of nitrogens with zero attached hydrogens (tertiary/aromatic N) is 3. The van der Waals surface area contributed by atoms with Crippen LogP contribution in [0.2, 0.25) is 0 Å². The molecule has 0 bridgehead atoms. The molecule has 7 nitrogen and oxygen atoms in total. The molecular formula is C46H91N3O4. The lowest BCUT2D eigenvalue weighted by atomic mass is 10.0. The molecule has 0 aliphatic carbocycles. The Morgan fingerprint density at radius 2 is 0.981 bits per heavy atom. The number of hydrogen-bond donors (Lipinski definition) is 0. The monoisotopic (exact) mass is 750 g/mol. The van der Waals surface area contributed by atoms with Crippen molar-refractivity contribution in [3.8, 4) is 0 Å². The average molecular weight is 750 g/mol. The van der Waals surface area contributed by atoms with Crippen molar-refractivity contribution >= 4 is 11.9 Å². The van der Waals surface area contributed by atoms with E-state index in [1.165, 1.54) is 168 Å². The molecule has 0 amide bonds. The second-order valence-electron chi connectivity index (χ2n) is 16.5. The molecule has 0 aromatic heterocycles. The molecule has 7 heteroatoms. The molecule has 1 saturated heterocycles. The highest BCUT2D eigenvalue weighted by atomic mass is 16.5. The average Bonchev–Trinajstić information content (AvgIpc) is 3.15. The van der Waals surface area contributed by atoms with Gasteiger partial charge >= 0.3 is 11.9 Å². The van der Waals surface area contributed by atoms with E-state index in [0.29, 0.717) is 19.4 Å². The Morgan fingerprint density at radius 1 is 0.509 bits per heavy atom. The van der Waals surface area contributed by atoms with Gasteiger partial charge in [-0.2, -0.15) is 0 Å². The van der Waals surface area contributed by atoms with Crippen molar-refractivity contribution in [3.63, 3.8) is 0 Å². The smallest absolute Gasteiger partial charge is 0.307 e. The maximum atomic E-state index is 13.2. The van der Waals surface area contributed by atoms with E-state index < -0.39 is 0 Å². The molecule has 0 aromatic carbocycles. The Hall–Kier alpha value is -1.18. The van der Waals surface area contributed by atoms with Crippen LogP contribution < -0.4 is 0 Å². The number of carbonyl (C=O) groups excluding carboxylic acids is 2. The Morgan fingerprint density at radius 3 is 1.53 bits per heavy atom. The van der Waals surface area contributed by atoms with Crippen molar-refractivity contribution in [1.82, 2.24) is 14.7 Å². The molecule has 314 valence electrons. The summed E-state index contributed by atoms with van der Waals surface area (Å²) < 4.78 is 11.7. The summed E-state index contributed by atoms with van der Waals surface area (Å²) in [6.45, 7) is 16.0. The van der Waals surface area contributed by atoms with Crippen LogP contribution in [0.3, 0.4) is 0 Å². The fourth-order valence-electron chi connectivity index (χ4n) is 7.59. The topological polar surface area (TPSA) is 62.3 Å². The SMILES string of the molecule is CCCCCCCCCCCOC(=O)CCCCCN(CCCCN1CCN(C)CC1)CCC(=O)OC(CCCCCCCC)CCCCCCCC. The fourth-order valence-corrected chi connectivity index (χ4v) is 7.59. The van der Waals surface area contributed by atoms with Gasteiger partial charge in [-0.25, -0.2) is 0 Å². The van der Waals surface area contributed by atoms with Crippen LogP contribution in [-0.4, -0.2) is 98.8 Å². The van der Waals surface area contributed by atoms with Crippen LogP contribution in [0.25, 0.3) is 0 Å². The lowest BCUT2D eigenvalue weighted by molar-refractivity contribution is -0.150. The molecule has 0 saturated carbocycles. The van der Waals surface area contributed by atoms with Gasteiger partial charge in [-0.15, -0.1) is 0 Å². The van der Waals surface area contributed by atoms with Crippen LogP contribution in [-0.2, 0) is 19.1 Å². The highest BCUT2D eigenvalue weighted by Gasteiger charge is 2.17. The van der Waals surface area contributed by atoms with Crippen molar-refractivity contribution < 1.29 is 19.1 Å². The van der Waals surface area contributed by atoms with Crippen LogP contribution in [0.1, 0.15) is 213 Å². The van der Waals surface area contributed by atoms with E-state index in [4.69, 9.17) is 9.47 Å². The molecule has 0 unspecified atom stereocenters. The van der Waals surface area contributed by atoms with Crippen LogP contribution >= 0.6 is 0 Å². The highest BCUT2D eigenvalue weighted by molar-refractivity contribution is 5.70. The van der Waals surface area contributed by atoms with Gasteiger partial charge in [0, 0.05) is 39.1 Å². The first kappa shape index (κ1) is 49.8. The third-order valence-electron chi connectivity index (χ3n) is 11.4. The number of rotatable bonds is 39. The van der Waals surface area contributed by atoms with E-state index in [-0.39, 0.29) is 18.0 Å². The molecule has 0 radical (unpaired) electrons. The minimum atomic E-state index is -0.0375. The van der Waals surface area contributed by atoms with Gasteiger partial charge in [0.2, 0.25) is 0 Å². The van der Waals surface area contributed by atoms with Crippen LogP contribution in [0.4, 0.5) is 0 Å². The van der Waals surface area contributed by atoms with Crippen molar-refractivity contribution in [2.75, 3.05) is 66.0 Å². The summed E-state index contributed by atoms with van der Waals surface area (Å²) in [7, 11) is 2.22. The zero-order valence-corrected chi connectivity index (χ0v) is 36.1. The van der Waals surface area contributed by atoms with E-state index in [9.17, 15) is 9.59 Å². The van der Waals surface area contributed by atoms with Crippen molar-refractivity contribution in [3.05, 3.63) is 0 Å². The van der Waals surface area contributed by atoms with Crippen LogP contribution in [0.15, 0.2) is 0 Å². The summed E-state index contributed by atoms with van der Waals surface area (Å²) in [4.78, 5) is 33.0. The summed E-state index contributed by atoms with van der Waals surface area (Å²) in [5, 5.41) is 0. The molecule has 1 heterocycles. The number of ether oxygens (including phenoxy) is 2. The molecule has 0 N–H and O–H groups in total. The standard InChI is InChI=1S/C46H91N3O4/c1-5-8-11-14-17-18-19-22-30-43-52-45(50)33-26-23-27-35-48(36-28-29-37-49-41-39-47(4)40-42-49)38-34-46(51)53-44(31-24-20-15-12-9-6-2)32-25-21-16-13-10-7-3/h44H,5-43H2,1-4H3. The second kappa shape index (κ2) is 37.7. The van der Waals surface area contributed by atoms with E-state index in [2.05, 4.69) is 42.5 Å². The second-order valence-corrected chi connectivity index (χ2v) is 16.5. The predicted molar refractivity (Wildman–Crippen MR) is 227 cm³/mol. The molecule has 53 heavy (non-hydrogen) atoms. The van der Waals surface area contributed by atoms with E-state index in [0.717, 1.165) is 64.6 Å². The summed E-state index contributed by atoms with van der Waals surface area (Å²) in [6, 6.07) is 0. The Balaban J connectivity index is 2.44. The number of piperazine rings is 1. The molecule has 1 aliphatic heterocycles. The quantitative estimate of drug-likeness (QED) is 0.0458. The van der Waals surface area contributed by atoms with Gasteiger partial charge in [0.1, 0.15) is 6.10 Å². The lowest BCUT2D eigenvalue weighted by Gasteiger charge is -2.32. The maximum absolute atomic E-state index is 13.2.